The Hall–Kier alpha value is -3.71. The van der Waals surface area contributed by atoms with Crippen LogP contribution < -0.4 is 5.43 Å². The zero-order valence-corrected chi connectivity index (χ0v) is 20.1. The fourth-order valence-corrected chi connectivity index (χ4v) is 2.75. The van der Waals surface area contributed by atoms with Crippen molar-refractivity contribution in [3.8, 4) is 0 Å². The molecule has 0 aliphatic rings. The molecule has 14 nitrogen and oxygen atoms in total. The Morgan fingerprint density at radius 2 is 1.03 bits per heavy atom. The molecule has 0 fully saturated rings. The molecule has 192 valence electrons. The molecule has 0 rings (SSSR count). The van der Waals surface area contributed by atoms with Crippen LogP contribution in [0, 0.1) is 0 Å². The van der Waals surface area contributed by atoms with Gasteiger partial charge in [0.05, 0.1) is 6.54 Å². The summed E-state index contributed by atoms with van der Waals surface area (Å²) in [6.07, 6.45) is -6.35. The van der Waals surface area contributed by atoms with Gasteiger partial charge in [-0.05, 0) is 0 Å². The third-order valence-electron chi connectivity index (χ3n) is 3.78. The van der Waals surface area contributed by atoms with Crippen molar-refractivity contribution in [1.29, 1.82) is 0 Å². The predicted molar refractivity (Wildman–Crippen MR) is 110 cm³/mol. The van der Waals surface area contributed by atoms with Gasteiger partial charge in [-0.15, -0.1) is 0 Å². The number of hydrogen-bond donors (Lipinski definition) is 1. The SMILES string of the molecule is CC(=O)NN(C[C@@H](OC(C)=O)[C@@H](OC(C)=O)[C@@H](OC(C)=O)[C@@H](COC(C)=O)OC(C)=O)C(C)=O. The molecule has 2 amide bonds. The minimum Gasteiger partial charge on any atom is -0.462 e. The molecule has 34 heavy (non-hydrogen) atoms. The molecule has 0 heterocycles. The Labute approximate surface area is 196 Å². The molecule has 4 atom stereocenters. The van der Waals surface area contributed by atoms with E-state index in [4.69, 9.17) is 23.7 Å². The van der Waals surface area contributed by atoms with E-state index in [1.54, 1.807) is 0 Å². The van der Waals surface area contributed by atoms with Gasteiger partial charge in [0.15, 0.2) is 24.4 Å². The van der Waals surface area contributed by atoms with Gasteiger partial charge in [-0.25, -0.2) is 0 Å². The van der Waals surface area contributed by atoms with E-state index in [1.807, 2.05) is 0 Å². The standard InChI is InChI=1S/C20H30N2O12/c1-10(23)21-22(11(2)24)8-17(31-13(4)26)19(33-15(6)28)20(34-16(7)29)18(32-14(5)27)9-30-12(3)25/h17-20H,8-9H2,1-7H3,(H,21,23)/t17-,18-,19-,20+/m1/s1. The largest absolute Gasteiger partial charge is 0.462 e. The van der Waals surface area contributed by atoms with Gasteiger partial charge in [0.1, 0.15) is 6.61 Å². The Bertz CT molecular complexity index is 796. The lowest BCUT2D eigenvalue weighted by molar-refractivity contribution is -0.204. The van der Waals surface area contributed by atoms with Crippen molar-refractivity contribution >= 4 is 41.7 Å². The van der Waals surface area contributed by atoms with E-state index >= 15 is 0 Å². The summed E-state index contributed by atoms with van der Waals surface area (Å²) in [7, 11) is 0. The Morgan fingerprint density at radius 3 is 1.38 bits per heavy atom. The highest BCUT2D eigenvalue weighted by Gasteiger charge is 2.44. The molecule has 14 heteroatoms. The topological polar surface area (TPSA) is 181 Å². The van der Waals surface area contributed by atoms with Gasteiger partial charge in [0.2, 0.25) is 11.8 Å². The van der Waals surface area contributed by atoms with Crippen LogP contribution >= 0.6 is 0 Å². The zero-order valence-electron chi connectivity index (χ0n) is 20.1. The summed E-state index contributed by atoms with van der Waals surface area (Å²) < 4.78 is 25.7. The van der Waals surface area contributed by atoms with E-state index in [-0.39, 0.29) is 0 Å². The Morgan fingerprint density at radius 1 is 0.618 bits per heavy atom. The second-order valence-corrected chi connectivity index (χ2v) is 7.04. The number of carbonyl (C=O) groups excluding carboxylic acids is 7. The molecule has 0 aliphatic heterocycles. The van der Waals surface area contributed by atoms with Gasteiger partial charge in [0.25, 0.3) is 0 Å². The van der Waals surface area contributed by atoms with E-state index in [2.05, 4.69) is 5.43 Å². The van der Waals surface area contributed by atoms with Crippen molar-refractivity contribution in [1.82, 2.24) is 10.4 Å². The van der Waals surface area contributed by atoms with Crippen LogP contribution in [0.5, 0.6) is 0 Å². The molecule has 1 N–H and O–H groups in total. The Balaban J connectivity index is 6.55. The van der Waals surface area contributed by atoms with Crippen LogP contribution in [0.3, 0.4) is 0 Å². The fraction of sp³-hybridized carbons (Fsp3) is 0.650. The molecule has 0 aromatic carbocycles. The highest BCUT2D eigenvalue weighted by atomic mass is 16.6. The van der Waals surface area contributed by atoms with Crippen LogP contribution in [-0.2, 0) is 57.2 Å². The second-order valence-electron chi connectivity index (χ2n) is 7.04. The molecule has 0 aromatic heterocycles. The first kappa shape index (κ1) is 30.3. The third-order valence-corrected chi connectivity index (χ3v) is 3.78. The number of carbonyl (C=O) groups is 7. The third kappa shape index (κ3) is 12.4. The molecule has 0 aliphatic carbocycles. The molecule has 0 radical (unpaired) electrons. The minimum absolute atomic E-state index is 0.551. The van der Waals surface area contributed by atoms with Crippen LogP contribution in [0.15, 0.2) is 0 Å². The lowest BCUT2D eigenvalue weighted by atomic mass is 10.0. The zero-order chi connectivity index (χ0) is 26.6. The van der Waals surface area contributed by atoms with E-state index in [0.29, 0.717) is 0 Å². The quantitative estimate of drug-likeness (QED) is 0.216. The number of nitrogens with zero attached hydrogens (tertiary/aromatic N) is 1. The lowest BCUT2D eigenvalue weighted by Crippen LogP contribution is -2.58. The average Bonchev–Trinajstić information content (AvgIpc) is 2.65. The van der Waals surface area contributed by atoms with Crippen molar-refractivity contribution in [3.63, 3.8) is 0 Å². The number of hydrogen-bond acceptors (Lipinski definition) is 12. The summed E-state index contributed by atoms with van der Waals surface area (Å²) in [5.41, 5.74) is 2.22. The van der Waals surface area contributed by atoms with E-state index in [1.165, 1.54) is 0 Å². The molecule has 0 aromatic rings. The normalized spacial score (nSPS) is 13.7. The fourth-order valence-electron chi connectivity index (χ4n) is 2.75. The smallest absolute Gasteiger partial charge is 0.303 e. The lowest BCUT2D eigenvalue weighted by Gasteiger charge is -2.36. The van der Waals surface area contributed by atoms with Gasteiger partial charge in [-0.2, -0.15) is 0 Å². The molecule has 0 spiro atoms. The van der Waals surface area contributed by atoms with Crippen molar-refractivity contribution in [3.05, 3.63) is 0 Å². The first-order valence-electron chi connectivity index (χ1n) is 10.0. The monoisotopic (exact) mass is 490 g/mol. The number of ether oxygens (including phenoxy) is 5. The number of hydrazine groups is 1. The van der Waals surface area contributed by atoms with Crippen molar-refractivity contribution in [2.24, 2.45) is 0 Å². The molecule has 0 unspecified atom stereocenters. The Kier molecular flexibility index (Phi) is 12.9. The second kappa shape index (κ2) is 14.4. The van der Waals surface area contributed by atoms with Gasteiger partial charge in [-0.1, -0.05) is 0 Å². The maximum absolute atomic E-state index is 12.0. The van der Waals surface area contributed by atoms with E-state index in [9.17, 15) is 33.6 Å². The van der Waals surface area contributed by atoms with Crippen molar-refractivity contribution in [2.45, 2.75) is 72.9 Å². The van der Waals surface area contributed by atoms with E-state index in [0.717, 1.165) is 53.5 Å². The van der Waals surface area contributed by atoms with Crippen LogP contribution in [0.4, 0.5) is 0 Å². The maximum Gasteiger partial charge on any atom is 0.303 e. The van der Waals surface area contributed by atoms with Gasteiger partial charge >= 0.3 is 29.8 Å². The van der Waals surface area contributed by atoms with Crippen LogP contribution in [-0.4, -0.2) is 84.2 Å². The molecule has 0 bridgehead atoms. The number of rotatable bonds is 11. The van der Waals surface area contributed by atoms with Crippen LogP contribution in [0.25, 0.3) is 0 Å². The average molecular weight is 490 g/mol. The number of esters is 5. The molecular weight excluding hydrogens is 460 g/mol. The first-order chi connectivity index (χ1) is 15.6. The van der Waals surface area contributed by atoms with E-state index < -0.39 is 79.2 Å². The summed E-state index contributed by atoms with van der Waals surface area (Å²) in [5.74, 6) is -5.62. The number of amides is 2. The summed E-state index contributed by atoms with van der Waals surface area (Å²) in [6, 6.07) is 0. The molecular formula is C20H30N2O12. The summed E-state index contributed by atoms with van der Waals surface area (Å²) in [6.45, 7) is 6.22. The number of nitrogens with one attached hydrogen (secondary N) is 1. The summed E-state index contributed by atoms with van der Waals surface area (Å²) >= 11 is 0. The summed E-state index contributed by atoms with van der Waals surface area (Å²) in [4.78, 5) is 82.0. The van der Waals surface area contributed by atoms with Crippen molar-refractivity contribution in [2.75, 3.05) is 13.2 Å². The predicted octanol–water partition coefficient (Wildman–Crippen LogP) is -0.824. The van der Waals surface area contributed by atoms with Crippen LogP contribution in [0.2, 0.25) is 0 Å². The molecule has 0 saturated carbocycles. The highest BCUT2D eigenvalue weighted by molar-refractivity contribution is 5.79. The first-order valence-corrected chi connectivity index (χ1v) is 10.0. The minimum atomic E-state index is -1.67. The van der Waals surface area contributed by atoms with Crippen molar-refractivity contribution < 1.29 is 57.2 Å². The van der Waals surface area contributed by atoms with Crippen LogP contribution in [0.1, 0.15) is 48.5 Å². The molecule has 0 saturated heterocycles. The summed E-state index contributed by atoms with van der Waals surface area (Å²) in [5, 5.41) is 0.782. The highest BCUT2D eigenvalue weighted by Crippen LogP contribution is 2.21. The van der Waals surface area contributed by atoms with Gasteiger partial charge in [0, 0.05) is 48.5 Å². The maximum atomic E-state index is 12.0. The van der Waals surface area contributed by atoms with Gasteiger partial charge in [-0.3, -0.25) is 44.0 Å². The van der Waals surface area contributed by atoms with Gasteiger partial charge < -0.3 is 23.7 Å².